The van der Waals surface area contributed by atoms with Crippen molar-refractivity contribution in [1.82, 2.24) is 14.5 Å². The maximum absolute atomic E-state index is 12.6. The summed E-state index contributed by atoms with van der Waals surface area (Å²) in [5.74, 6) is 1.65. The molecular weight excluding hydrogens is 274 g/mol. The fraction of sp³-hybridized carbons (Fsp3) is 0.444. The molecule has 1 fully saturated rings. The third-order valence-corrected chi connectivity index (χ3v) is 4.45. The first-order chi connectivity index (χ1) is 10.6. The molecule has 0 radical (unpaired) electrons. The minimum atomic E-state index is -0.0745. The Bertz CT molecular complexity index is 641. The third kappa shape index (κ3) is 2.65. The van der Waals surface area contributed by atoms with Crippen LogP contribution in [0.2, 0.25) is 0 Å². The van der Waals surface area contributed by atoms with E-state index in [1.165, 1.54) is 0 Å². The number of rotatable bonds is 4. The highest BCUT2D eigenvalue weighted by Crippen LogP contribution is 2.28. The summed E-state index contributed by atoms with van der Waals surface area (Å²) in [5.41, 5.74) is 1.08. The molecule has 2 heterocycles. The van der Waals surface area contributed by atoms with Gasteiger partial charge in [-0.3, -0.25) is 4.79 Å². The standard InChI is InChI=1S/C18H23N3O/c1-13(2)17-19-9-10-21(17)16-11-20(12-16)18(22)14(3)15-7-5-4-6-8-15/h4-10,13-14,16H,11-12H2,1-3H3. The lowest BCUT2D eigenvalue weighted by Crippen LogP contribution is -2.52. The molecule has 116 valence electrons. The molecule has 1 unspecified atom stereocenters. The van der Waals surface area contributed by atoms with E-state index in [0.717, 1.165) is 24.5 Å². The Balaban J connectivity index is 1.63. The van der Waals surface area contributed by atoms with Gasteiger partial charge in [0.1, 0.15) is 5.82 Å². The van der Waals surface area contributed by atoms with Crippen molar-refractivity contribution in [2.45, 2.75) is 38.6 Å². The molecule has 1 aliphatic rings. The number of likely N-dealkylation sites (tertiary alicyclic amines) is 1. The van der Waals surface area contributed by atoms with Gasteiger partial charge < -0.3 is 9.47 Å². The van der Waals surface area contributed by atoms with Gasteiger partial charge in [-0.2, -0.15) is 0 Å². The van der Waals surface area contributed by atoms with Gasteiger partial charge in [0.2, 0.25) is 5.91 Å². The number of carbonyl (C=O) groups is 1. The highest BCUT2D eigenvalue weighted by atomic mass is 16.2. The van der Waals surface area contributed by atoms with Crippen molar-refractivity contribution in [2.24, 2.45) is 0 Å². The summed E-state index contributed by atoms with van der Waals surface area (Å²) in [5, 5.41) is 0. The van der Waals surface area contributed by atoms with Gasteiger partial charge in [0.05, 0.1) is 12.0 Å². The summed E-state index contributed by atoms with van der Waals surface area (Å²) < 4.78 is 2.22. The first-order valence-corrected chi connectivity index (χ1v) is 7.94. The number of nitrogens with zero attached hydrogens (tertiary/aromatic N) is 3. The molecule has 0 aliphatic carbocycles. The summed E-state index contributed by atoms with van der Waals surface area (Å²) in [4.78, 5) is 18.9. The van der Waals surface area contributed by atoms with Crippen molar-refractivity contribution in [3.05, 3.63) is 54.1 Å². The molecule has 0 saturated carbocycles. The Morgan fingerprint density at radius 2 is 1.86 bits per heavy atom. The van der Waals surface area contributed by atoms with Crippen LogP contribution in [-0.4, -0.2) is 33.4 Å². The van der Waals surface area contributed by atoms with Crippen LogP contribution >= 0.6 is 0 Å². The second-order valence-electron chi connectivity index (χ2n) is 6.38. The molecule has 1 atom stereocenters. The number of hydrogen-bond acceptors (Lipinski definition) is 2. The Kier molecular flexibility index (Phi) is 4.01. The maximum Gasteiger partial charge on any atom is 0.229 e. The van der Waals surface area contributed by atoms with Gasteiger partial charge in [0.25, 0.3) is 0 Å². The molecule has 22 heavy (non-hydrogen) atoms. The van der Waals surface area contributed by atoms with Crippen LogP contribution in [0.25, 0.3) is 0 Å². The highest BCUT2D eigenvalue weighted by molar-refractivity contribution is 5.84. The molecule has 3 rings (SSSR count). The molecule has 1 saturated heterocycles. The molecule has 0 spiro atoms. The Morgan fingerprint density at radius 1 is 1.18 bits per heavy atom. The van der Waals surface area contributed by atoms with Gasteiger partial charge in [-0.25, -0.2) is 4.98 Å². The van der Waals surface area contributed by atoms with Crippen molar-refractivity contribution in [3.63, 3.8) is 0 Å². The Labute approximate surface area is 131 Å². The van der Waals surface area contributed by atoms with Crippen LogP contribution < -0.4 is 0 Å². The predicted octanol–water partition coefficient (Wildman–Crippen LogP) is 3.19. The lowest BCUT2D eigenvalue weighted by atomic mass is 9.97. The van der Waals surface area contributed by atoms with Crippen LogP contribution in [0, 0.1) is 0 Å². The number of imidazole rings is 1. The van der Waals surface area contributed by atoms with E-state index < -0.39 is 0 Å². The van der Waals surface area contributed by atoms with Gasteiger partial charge in [-0.05, 0) is 12.5 Å². The van der Waals surface area contributed by atoms with E-state index in [4.69, 9.17) is 0 Å². The normalized spacial score (nSPS) is 16.6. The number of benzene rings is 1. The zero-order valence-corrected chi connectivity index (χ0v) is 13.4. The molecule has 1 aliphatic heterocycles. The number of amides is 1. The van der Waals surface area contributed by atoms with E-state index in [1.54, 1.807) is 0 Å². The average molecular weight is 297 g/mol. The lowest BCUT2D eigenvalue weighted by Gasteiger charge is -2.42. The first kappa shape index (κ1) is 14.8. The summed E-state index contributed by atoms with van der Waals surface area (Å²) in [7, 11) is 0. The lowest BCUT2D eigenvalue weighted by molar-refractivity contribution is -0.138. The van der Waals surface area contributed by atoms with E-state index in [-0.39, 0.29) is 11.8 Å². The molecule has 4 nitrogen and oxygen atoms in total. The minimum Gasteiger partial charge on any atom is -0.338 e. The summed E-state index contributed by atoms with van der Waals surface area (Å²) in [6, 6.07) is 10.4. The SMILES string of the molecule is CC(C)c1nccn1C1CN(C(=O)C(C)c2ccccc2)C1. The van der Waals surface area contributed by atoms with E-state index in [2.05, 4.69) is 23.4 Å². The van der Waals surface area contributed by atoms with Crippen LogP contribution in [0.5, 0.6) is 0 Å². The summed E-state index contributed by atoms with van der Waals surface area (Å²) in [6.07, 6.45) is 3.88. The van der Waals surface area contributed by atoms with Crippen molar-refractivity contribution in [1.29, 1.82) is 0 Å². The van der Waals surface area contributed by atoms with Crippen LogP contribution in [-0.2, 0) is 4.79 Å². The second kappa shape index (κ2) is 5.95. The van der Waals surface area contributed by atoms with Gasteiger partial charge in [-0.1, -0.05) is 44.2 Å². The molecule has 0 N–H and O–H groups in total. The minimum absolute atomic E-state index is 0.0745. The first-order valence-electron chi connectivity index (χ1n) is 7.94. The molecule has 1 aromatic heterocycles. The van der Waals surface area contributed by atoms with Gasteiger partial charge in [0.15, 0.2) is 0 Å². The van der Waals surface area contributed by atoms with Crippen molar-refractivity contribution >= 4 is 5.91 Å². The van der Waals surface area contributed by atoms with E-state index in [9.17, 15) is 4.79 Å². The number of aromatic nitrogens is 2. The fourth-order valence-electron chi connectivity index (χ4n) is 3.05. The Hall–Kier alpha value is -2.10. The molecular formula is C18H23N3O. The van der Waals surface area contributed by atoms with Gasteiger partial charge in [0, 0.05) is 31.4 Å². The second-order valence-corrected chi connectivity index (χ2v) is 6.38. The van der Waals surface area contributed by atoms with Crippen LogP contribution in [0.1, 0.15) is 50.0 Å². The quantitative estimate of drug-likeness (QED) is 0.869. The van der Waals surface area contributed by atoms with Crippen LogP contribution in [0.4, 0.5) is 0 Å². The number of carbonyl (C=O) groups excluding carboxylic acids is 1. The molecule has 4 heteroatoms. The summed E-state index contributed by atoms with van der Waals surface area (Å²) in [6.45, 7) is 7.86. The van der Waals surface area contributed by atoms with Crippen molar-refractivity contribution in [3.8, 4) is 0 Å². The fourth-order valence-corrected chi connectivity index (χ4v) is 3.05. The van der Waals surface area contributed by atoms with E-state index >= 15 is 0 Å². The largest absolute Gasteiger partial charge is 0.338 e. The van der Waals surface area contributed by atoms with Crippen LogP contribution in [0.3, 0.4) is 0 Å². The van der Waals surface area contributed by atoms with Gasteiger partial charge >= 0.3 is 0 Å². The average Bonchev–Trinajstić information content (AvgIpc) is 2.95. The monoisotopic (exact) mass is 297 g/mol. The molecule has 1 amide bonds. The number of hydrogen-bond donors (Lipinski definition) is 0. The van der Waals surface area contributed by atoms with Crippen molar-refractivity contribution in [2.75, 3.05) is 13.1 Å². The molecule has 0 bridgehead atoms. The predicted molar refractivity (Wildman–Crippen MR) is 86.8 cm³/mol. The molecule has 2 aromatic rings. The zero-order chi connectivity index (χ0) is 15.7. The summed E-state index contributed by atoms with van der Waals surface area (Å²) >= 11 is 0. The van der Waals surface area contributed by atoms with Gasteiger partial charge in [-0.15, -0.1) is 0 Å². The zero-order valence-electron chi connectivity index (χ0n) is 13.4. The van der Waals surface area contributed by atoms with E-state index in [1.807, 2.05) is 54.5 Å². The highest BCUT2D eigenvalue weighted by Gasteiger charge is 2.35. The topological polar surface area (TPSA) is 38.1 Å². The smallest absolute Gasteiger partial charge is 0.229 e. The van der Waals surface area contributed by atoms with E-state index in [0.29, 0.717) is 12.0 Å². The third-order valence-electron chi connectivity index (χ3n) is 4.45. The molecule has 1 aromatic carbocycles. The maximum atomic E-state index is 12.6. The van der Waals surface area contributed by atoms with Crippen molar-refractivity contribution < 1.29 is 4.79 Å². The van der Waals surface area contributed by atoms with Crippen LogP contribution in [0.15, 0.2) is 42.7 Å². The Morgan fingerprint density at radius 3 is 2.50 bits per heavy atom.